The van der Waals surface area contributed by atoms with Crippen LogP contribution in [0.2, 0.25) is 5.02 Å². The van der Waals surface area contributed by atoms with Crippen molar-refractivity contribution >= 4 is 52.9 Å². The third-order valence-corrected chi connectivity index (χ3v) is 8.46. The van der Waals surface area contributed by atoms with Crippen LogP contribution in [-0.4, -0.2) is 77.7 Å². The lowest BCUT2D eigenvalue weighted by molar-refractivity contribution is -0.154. The first-order chi connectivity index (χ1) is 26.2. The molecule has 4 aromatic rings. The molecule has 5 rings (SSSR count). The summed E-state index contributed by atoms with van der Waals surface area (Å²) < 4.78 is 61.5. The third kappa shape index (κ3) is 12.0. The number of benzene rings is 3. The zero-order valence-electron chi connectivity index (χ0n) is 29.1. The number of carbonyl (C=O) groups excluding carboxylic acids is 4. The molecule has 0 bridgehead atoms. The van der Waals surface area contributed by atoms with Gasteiger partial charge in [-0.3, -0.25) is 14.4 Å². The summed E-state index contributed by atoms with van der Waals surface area (Å²) in [7, 11) is 1.12. The summed E-state index contributed by atoms with van der Waals surface area (Å²) in [6, 6.07) is 16.8. The molecule has 1 fully saturated rings. The Labute approximate surface area is 316 Å². The van der Waals surface area contributed by atoms with Crippen LogP contribution >= 0.6 is 11.6 Å². The highest BCUT2D eigenvalue weighted by atomic mass is 35.5. The molecule has 55 heavy (non-hydrogen) atoms. The maximum atomic E-state index is 13.1. The molecule has 14 nitrogen and oxygen atoms in total. The van der Waals surface area contributed by atoms with Gasteiger partial charge in [-0.15, -0.1) is 0 Å². The number of nitrogens with one attached hydrogen (secondary N) is 5. The predicted octanol–water partition coefficient (Wildman–Crippen LogP) is 4.59. The number of carbonyl (C=O) groups is 4. The van der Waals surface area contributed by atoms with Crippen LogP contribution in [0.25, 0.3) is 0 Å². The second-order valence-electron chi connectivity index (χ2n) is 12.3. The van der Waals surface area contributed by atoms with Gasteiger partial charge in [-0.05, 0) is 85.3 Å². The number of methoxy groups -OCH3 is 1. The van der Waals surface area contributed by atoms with Crippen molar-refractivity contribution in [1.82, 2.24) is 30.9 Å². The second kappa shape index (κ2) is 17.9. The van der Waals surface area contributed by atoms with Crippen molar-refractivity contribution in [2.24, 2.45) is 0 Å². The maximum absolute atomic E-state index is 13.1. The van der Waals surface area contributed by atoms with Gasteiger partial charge in [-0.1, -0.05) is 35.9 Å². The Morgan fingerprint density at radius 3 is 2.11 bits per heavy atom. The number of anilines is 3. The van der Waals surface area contributed by atoms with Crippen molar-refractivity contribution in [2.75, 3.05) is 37.4 Å². The van der Waals surface area contributed by atoms with Gasteiger partial charge in [-0.25, -0.2) is 9.18 Å². The Bertz CT molecular complexity index is 1980. The van der Waals surface area contributed by atoms with E-state index in [1.165, 1.54) is 36.4 Å². The highest BCUT2D eigenvalue weighted by molar-refractivity contribution is 6.35. The number of ether oxygens (including phenoxy) is 2. The number of halogens is 5. The van der Waals surface area contributed by atoms with Crippen LogP contribution < -0.4 is 31.3 Å². The highest BCUT2D eigenvalue weighted by Crippen LogP contribution is 2.48. The van der Waals surface area contributed by atoms with E-state index in [4.69, 9.17) is 21.1 Å². The Kier molecular flexibility index (Phi) is 13.0. The van der Waals surface area contributed by atoms with Crippen molar-refractivity contribution in [2.45, 2.75) is 43.4 Å². The lowest BCUT2D eigenvalue weighted by atomic mass is 10.1. The number of rotatable bonds is 16. The van der Waals surface area contributed by atoms with E-state index in [2.05, 4.69) is 41.5 Å². The zero-order valence-corrected chi connectivity index (χ0v) is 29.9. The summed E-state index contributed by atoms with van der Waals surface area (Å²) in [5.74, 6) is -3.90. The van der Waals surface area contributed by atoms with Gasteiger partial charge < -0.3 is 36.1 Å². The fraction of sp³-hybridized carbons (Fsp3) is 0.306. The molecular weight excluding hydrogens is 752 g/mol. The molecule has 3 aromatic carbocycles. The molecule has 19 heteroatoms. The van der Waals surface area contributed by atoms with Gasteiger partial charge in [0.25, 0.3) is 5.91 Å². The van der Waals surface area contributed by atoms with E-state index >= 15 is 0 Å². The normalized spacial score (nSPS) is 13.5. The summed E-state index contributed by atoms with van der Waals surface area (Å²) in [5.41, 5.74) is 1.55. The molecule has 1 heterocycles. The van der Waals surface area contributed by atoms with Crippen LogP contribution in [0.3, 0.4) is 0 Å². The van der Waals surface area contributed by atoms with Crippen molar-refractivity contribution in [1.29, 1.82) is 0 Å². The number of nitrogens with zero attached hydrogens (tertiary/aromatic N) is 3. The minimum absolute atomic E-state index is 0.0364. The SMILES string of the molecule is COC(=O)[C@H](CCNC(=O)C(=O)NCCc1ccc(F)cc1)NC(=O)c1ccc(Nc2nc(NC3(c4ccc(Cl)cc4)CC3)nc(OCC(F)(F)F)n2)cc1. The molecule has 290 valence electrons. The molecule has 3 amide bonds. The minimum Gasteiger partial charge on any atom is -0.467 e. The lowest BCUT2D eigenvalue weighted by Crippen LogP contribution is -2.45. The molecule has 1 atom stereocenters. The van der Waals surface area contributed by atoms with Gasteiger partial charge >= 0.3 is 30.0 Å². The van der Waals surface area contributed by atoms with Gasteiger partial charge in [0.05, 0.1) is 12.6 Å². The molecule has 1 aromatic heterocycles. The van der Waals surface area contributed by atoms with Crippen LogP contribution in [0, 0.1) is 5.82 Å². The van der Waals surface area contributed by atoms with E-state index in [1.807, 2.05) is 12.1 Å². The van der Waals surface area contributed by atoms with E-state index in [1.54, 1.807) is 24.3 Å². The maximum Gasteiger partial charge on any atom is 0.422 e. The second-order valence-corrected chi connectivity index (χ2v) is 12.7. The summed E-state index contributed by atoms with van der Waals surface area (Å²) in [6.07, 6.45) is -2.97. The van der Waals surface area contributed by atoms with Gasteiger partial charge in [0.15, 0.2) is 6.61 Å². The van der Waals surface area contributed by atoms with Crippen LogP contribution in [0.15, 0.2) is 72.8 Å². The van der Waals surface area contributed by atoms with E-state index in [0.29, 0.717) is 30.0 Å². The molecular formula is C36H35ClF4N8O6. The van der Waals surface area contributed by atoms with Crippen molar-refractivity contribution < 1.29 is 46.2 Å². The van der Waals surface area contributed by atoms with Crippen molar-refractivity contribution in [3.05, 3.63) is 100 Å². The first kappa shape index (κ1) is 40.2. The van der Waals surface area contributed by atoms with Crippen molar-refractivity contribution in [3.8, 4) is 6.01 Å². The molecule has 0 saturated heterocycles. The van der Waals surface area contributed by atoms with Crippen LogP contribution in [0.4, 0.5) is 35.1 Å². The fourth-order valence-corrected chi connectivity index (χ4v) is 5.33. The highest BCUT2D eigenvalue weighted by Gasteiger charge is 2.45. The lowest BCUT2D eigenvalue weighted by Gasteiger charge is -2.19. The predicted molar refractivity (Wildman–Crippen MR) is 191 cm³/mol. The van der Waals surface area contributed by atoms with Crippen LogP contribution in [0.1, 0.15) is 40.7 Å². The number of hydrogen-bond acceptors (Lipinski definition) is 11. The Hall–Kier alpha value is -6.04. The average Bonchev–Trinajstić information content (AvgIpc) is 3.94. The number of amides is 3. The van der Waals surface area contributed by atoms with Gasteiger partial charge in [0.1, 0.15) is 11.9 Å². The molecule has 0 radical (unpaired) electrons. The molecule has 1 aliphatic rings. The van der Waals surface area contributed by atoms with E-state index in [0.717, 1.165) is 18.2 Å². The summed E-state index contributed by atoms with van der Waals surface area (Å²) in [5, 5.41) is 13.9. The number of alkyl halides is 3. The topological polar surface area (TPSA) is 186 Å². The first-order valence-corrected chi connectivity index (χ1v) is 17.2. The molecule has 0 aliphatic heterocycles. The largest absolute Gasteiger partial charge is 0.467 e. The first-order valence-electron chi connectivity index (χ1n) is 16.8. The van der Waals surface area contributed by atoms with Crippen LogP contribution in [0.5, 0.6) is 6.01 Å². The zero-order chi connectivity index (χ0) is 39.6. The Morgan fingerprint density at radius 1 is 0.855 bits per heavy atom. The quantitative estimate of drug-likeness (QED) is 0.0608. The summed E-state index contributed by atoms with van der Waals surface area (Å²) >= 11 is 6.02. The molecule has 0 spiro atoms. The van der Waals surface area contributed by atoms with E-state index < -0.39 is 59.9 Å². The summed E-state index contributed by atoms with van der Waals surface area (Å²) in [6.45, 7) is -1.66. The van der Waals surface area contributed by atoms with Gasteiger partial charge in [0, 0.05) is 29.4 Å². The number of aromatic nitrogens is 3. The third-order valence-electron chi connectivity index (χ3n) is 8.21. The minimum atomic E-state index is -4.64. The smallest absolute Gasteiger partial charge is 0.422 e. The average molecular weight is 787 g/mol. The molecule has 5 N–H and O–H groups in total. The van der Waals surface area contributed by atoms with Gasteiger partial charge in [0.2, 0.25) is 11.9 Å². The van der Waals surface area contributed by atoms with Crippen LogP contribution in [-0.2, 0) is 31.1 Å². The van der Waals surface area contributed by atoms with Gasteiger partial charge in [-0.2, -0.15) is 28.1 Å². The molecule has 1 aliphatic carbocycles. The monoisotopic (exact) mass is 786 g/mol. The fourth-order valence-electron chi connectivity index (χ4n) is 5.20. The Balaban J connectivity index is 1.17. The number of esters is 1. The Morgan fingerprint density at radius 2 is 1.49 bits per heavy atom. The number of hydrogen-bond donors (Lipinski definition) is 5. The molecule has 0 unspecified atom stereocenters. The van der Waals surface area contributed by atoms with Crippen molar-refractivity contribution in [3.63, 3.8) is 0 Å². The van der Waals surface area contributed by atoms with E-state index in [9.17, 15) is 36.7 Å². The molecule has 1 saturated carbocycles. The van der Waals surface area contributed by atoms with E-state index in [-0.39, 0.29) is 37.0 Å². The standard InChI is InChI=1S/C36H35ClF4N8O6/c1-54-31(53)27(15-19-43-30(52)29(51)42-18-14-21-2-10-25(38)11-3-21)45-28(50)22-4-12-26(13-5-22)44-32-46-33(48-34(47-32)55-20-36(39,40)41)49-35(16-17-35)23-6-8-24(37)9-7-23/h2-13,27H,14-20H2,1H3,(H,42,51)(H,43,52)(H,45,50)(H2,44,46,47,48,49)/t27-/m0/s1. The summed E-state index contributed by atoms with van der Waals surface area (Å²) in [4.78, 5) is 62.2.